The summed E-state index contributed by atoms with van der Waals surface area (Å²) in [5.74, 6) is 1.56. The number of aromatic nitrogens is 1. The van der Waals surface area contributed by atoms with Gasteiger partial charge in [0.05, 0.1) is 5.56 Å². The van der Waals surface area contributed by atoms with Crippen molar-refractivity contribution in [2.24, 2.45) is 17.8 Å². The number of rotatable bonds is 3. The van der Waals surface area contributed by atoms with E-state index in [1.54, 1.807) is 0 Å². The van der Waals surface area contributed by atoms with E-state index >= 15 is 0 Å². The van der Waals surface area contributed by atoms with Gasteiger partial charge in [0.15, 0.2) is 5.88 Å². The molecule has 0 aliphatic heterocycles. The van der Waals surface area contributed by atoms with Gasteiger partial charge in [-0.1, -0.05) is 6.42 Å². The maximum absolute atomic E-state index is 12.1. The first-order chi connectivity index (χ1) is 9.52. The van der Waals surface area contributed by atoms with Gasteiger partial charge in [-0.15, -0.1) is 0 Å². The summed E-state index contributed by atoms with van der Waals surface area (Å²) in [6.45, 7) is 2.04. The molecule has 2 saturated carbocycles. The standard InChI is InChI=1S/C15H20N2O3/c1-8(12-5-9-2-3-10(12)4-9)16-15(20)11-6-13(18)17-14(19)7-11/h6-10,12H,2-5H2,1H3,(H,16,20)(H2,17,18,19). The summed E-state index contributed by atoms with van der Waals surface area (Å²) in [4.78, 5) is 25.6. The van der Waals surface area contributed by atoms with Crippen LogP contribution in [0.5, 0.6) is 5.88 Å². The van der Waals surface area contributed by atoms with Crippen LogP contribution in [-0.4, -0.2) is 22.0 Å². The van der Waals surface area contributed by atoms with Crippen LogP contribution in [0.2, 0.25) is 0 Å². The SMILES string of the molecule is CC(NC(=O)c1cc(O)[nH]c(=O)c1)C1CC2CCC1C2. The Hall–Kier alpha value is -1.78. The van der Waals surface area contributed by atoms with Gasteiger partial charge in [-0.05, 0) is 43.9 Å². The molecule has 3 N–H and O–H groups in total. The molecule has 0 spiro atoms. The number of nitrogens with one attached hydrogen (secondary N) is 2. The molecule has 3 rings (SSSR count). The van der Waals surface area contributed by atoms with Crippen molar-refractivity contribution in [3.8, 4) is 5.88 Å². The third-order valence-corrected chi connectivity index (χ3v) is 4.89. The number of hydrogen-bond donors (Lipinski definition) is 3. The Morgan fingerprint density at radius 2 is 2.20 bits per heavy atom. The molecule has 2 aliphatic carbocycles. The highest BCUT2D eigenvalue weighted by Crippen LogP contribution is 2.49. The zero-order chi connectivity index (χ0) is 14.3. The minimum absolute atomic E-state index is 0.110. The molecular weight excluding hydrogens is 256 g/mol. The summed E-state index contributed by atoms with van der Waals surface area (Å²) in [6, 6.07) is 2.60. The summed E-state index contributed by atoms with van der Waals surface area (Å²) >= 11 is 0. The number of amides is 1. The number of aromatic amines is 1. The molecular formula is C15H20N2O3. The second-order valence-corrected chi connectivity index (χ2v) is 6.22. The van der Waals surface area contributed by atoms with Crippen LogP contribution < -0.4 is 10.9 Å². The molecule has 1 aromatic heterocycles. The predicted molar refractivity (Wildman–Crippen MR) is 74.6 cm³/mol. The molecule has 0 saturated heterocycles. The summed E-state index contributed by atoms with van der Waals surface area (Å²) in [5.41, 5.74) is -0.260. The molecule has 1 amide bonds. The fourth-order valence-corrected chi connectivity index (χ4v) is 3.96. The van der Waals surface area contributed by atoms with Gasteiger partial charge in [-0.25, -0.2) is 0 Å². The molecule has 0 aromatic carbocycles. The molecule has 2 bridgehead atoms. The fourth-order valence-electron chi connectivity index (χ4n) is 3.96. The average Bonchev–Trinajstić information content (AvgIpc) is 2.99. The van der Waals surface area contributed by atoms with Crippen molar-refractivity contribution in [3.63, 3.8) is 0 Å². The van der Waals surface area contributed by atoms with Gasteiger partial charge in [0.1, 0.15) is 0 Å². The molecule has 2 fully saturated rings. The second-order valence-electron chi connectivity index (χ2n) is 6.22. The van der Waals surface area contributed by atoms with Gasteiger partial charge >= 0.3 is 0 Å². The highest BCUT2D eigenvalue weighted by atomic mass is 16.3. The van der Waals surface area contributed by atoms with Crippen LogP contribution in [0, 0.1) is 17.8 Å². The van der Waals surface area contributed by atoms with Crippen molar-refractivity contribution in [2.45, 2.75) is 38.6 Å². The van der Waals surface area contributed by atoms with Crippen molar-refractivity contribution in [2.75, 3.05) is 0 Å². The van der Waals surface area contributed by atoms with Crippen molar-refractivity contribution in [1.29, 1.82) is 0 Å². The molecule has 2 aliphatic rings. The summed E-state index contributed by atoms with van der Waals surface area (Å²) in [5, 5.41) is 12.3. The maximum Gasteiger partial charge on any atom is 0.251 e. The Labute approximate surface area is 117 Å². The lowest BCUT2D eigenvalue weighted by Gasteiger charge is -2.28. The van der Waals surface area contributed by atoms with Gasteiger partial charge in [0.25, 0.3) is 11.5 Å². The van der Waals surface area contributed by atoms with Crippen molar-refractivity contribution in [3.05, 3.63) is 28.0 Å². The smallest absolute Gasteiger partial charge is 0.251 e. The Morgan fingerprint density at radius 3 is 2.80 bits per heavy atom. The monoisotopic (exact) mass is 276 g/mol. The van der Waals surface area contributed by atoms with Crippen LogP contribution in [0.3, 0.4) is 0 Å². The fraction of sp³-hybridized carbons (Fsp3) is 0.600. The van der Waals surface area contributed by atoms with Gasteiger partial charge in [-0.3, -0.25) is 14.6 Å². The first-order valence-electron chi connectivity index (χ1n) is 7.27. The number of carbonyl (C=O) groups excluding carboxylic acids is 1. The minimum Gasteiger partial charge on any atom is -0.494 e. The van der Waals surface area contributed by atoms with E-state index in [1.807, 2.05) is 6.92 Å². The number of aromatic hydroxyl groups is 1. The Balaban J connectivity index is 1.68. The van der Waals surface area contributed by atoms with E-state index in [9.17, 15) is 14.7 Å². The molecule has 0 radical (unpaired) electrons. The molecule has 4 unspecified atom stereocenters. The van der Waals surface area contributed by atoms with Crippen LogP contribution in [0.25, 0.3) is 0 Å². The number of hydrogen-bond acceptors (Lipinski definition) is 3. The lowest BCUT2D eigenvalue weighted by molar-refractivity contribution is 0.0914. The van der Waals surface area contributed by atoms with Crippen LogP contribution in [0.15, 0.2) is 16.9 Å². The van der Waals surface area contributed by atoms with Gasteiger partial charge < -0.3 is 10.4 Å². The molecule has 5 heteroatoms. The van der Waals surface area contributed by atoms with Gasteiger partial charge in [-0.2, -0.15) is 0 Å². The van der Waals surface area contributed by atoms with E-state index in [2.05, 4.69) is 10.3 Å². The Bertz CT molecular complexity index is 581. The first-order valence-corrected chi connectivity index (χ1v) is 7.27. The van der Waals surface area contributed by atoms with Gasteiger partial charge in [0.2, 0.25) is 0 Å². The lowest BCUT2D eigenvalue weighted by atomic mass is 9.84. The summed E-state index contributed by atoms with van der Waals surface area (Å²) < 4.78 is 0. The van der Waals surface area contributed by atoms with E-state index < -0.39 is 5.56 Å². The molecule has 1 aromatic rings. The van der Waals surface area contributed by atoms with E-state index in [4.69, 9.17) is 0 Å². The van der Waals surface area contributed by atoms with Gasteiger partial charge in [0, 0.05) is 18.2 Å². The zero-order valence-corrected chi connectivity index (χ0v) is 11.6. The van der Waals surface area contributed by atoms with E-state index in [1.165, 1.54) is 37.8 Å². The third-order valence-electron chi connectivity index (χ3n) is 4.89. The first kappa shape index (κ1) is 13.2. The zero-order valence-electron chi connectivity index (χ0n) is 11.6. The predicted octanol–water partition coefficient (Wildman–Crippen LogP) is 1.64. The van der Waals surface area contributed by atoms with Crippen LogP contribution >= 0.6 is 0 Å². The highest BCUT2D eigenvalue weighted by Gasteiger charge is 2.42. The second kappa shape index (κ2) is 4.96. The van der Waals surface area contributed by atoms with Crippen LogP contribution in [-0.2, 0) is 0 Å². The summed E-state index contributed by atoms with van der Waals surface area (Å²) in [7, 11) is 0. The molecule has 5 nitrogen and oxygen atoms in total. The Kier molecular flexibility index (Phi) is 3.28. The number of fused-ring (bicyclic) bond motifs is 2. The number of H-pyrrole nitrogens is 1. The summed E-state index contributed by atoms with van der Waals surface area (Å²) in [6.07, 6.45) is 5.12. The van der Waals surface area contributed by atoms with Crippen LogP contribution in [0.4, 0.5) is 0 Å². The van der Waals surface area contributed by atoms with Crippen molar-refractivity contribution >= 4 is 5.91 Å². The third kappa shape index (κ3) is 2.44. The van der Waals surface area contributed by atoms with E-state index in [0.29, 0.717) is 5.92 Å². The lowest BCUT2D eigenvalue weighted by Crippen LogP contribution is -2.40. The Morgan fingerprint density at radius 1 is 1.40 bits per heavy atom. The topological polar surface area (TPSA) is 82.2 Å². The minimum atomic E-state index is -0.470. The van der Waals surface area contributed by atoms with Crippen LogP contribution in [0.1, 0.15) is 43.0 Å². The van der Waals surface area contributed by atoms with Crippen molar-refractivity contribution < 1.29 is 9.90 Å². The quantitative estimate of drug-likeness (QED) is 0.785. The molecule has 20 heavy (non-hydrogen) atoms. The average molecular weight is 276 g/mol. The number of pyridine rings is 1. The largest absolute Gasteiger partial charge is 0.494 e. The normalized spacial score (nSPS) is 29.4. The number of carbonyl (C=O) groups is 1. The van der Waals surface area contributed by atoms with Crippen molar-refractivity contribution in [1.82, 2.24) is 10.3 Å². The van der Waals surface area contributed by atoms with E-state index in [-0.39, 0.29) is 23.4 Å². The molecule has 108 valence electrons. The molecule has 4 atom stereocenters. The highest BCUT2D eigenvalue weighted by molar-refractivity contribution is 5.94. The molecule has 1 heterocycles. The maximum atomic E-state index is 12.1. The van der Waals surface area contributed by atoms with E-state index in [0.717, 1.165) is 11.8 Å².